The molecule has 0 fully saturated rings. The summed E-state index contributed by atoms with van der Waals surface area (Å²) in [5, 5.41) is 4.32. The monoisotopic (exact) mass is 272 g/mol. The molecule has 2 N–H and O–H groups in total. The van der Waals surface area contributed by atoms with E-state index in [9.17, 15) is 4.79 Å². The first-order chi connectivity index (χ1) is 9.61. The van der Waals surface area contributed by atoms with Crippen LogP contribution >= 0.6 is 0 Å². The molecule has 20 heavy (non-hydrogen) atoms. The van der Waals surface area contributed by atoms with Crippen molar-refractivity contribution >= 4 is 11.6 Å². The quantitative estimate of drug-likeness (QED) is 0.850. The summed E-state index contributed by atoms with van der Waals surface area (Å²) in [6, 6.07) is 9.10. The van der Waals surface area contributed by atoms with E-state index in [-0.39, 0.29) is 5.91 Å². The lowest BCUT2D eigenvalue weighted by Crippen LogP contribution is -2.28. The van der Waals surface area contributed by atoms with Crippen LogP contribution in [0.5, 0.6) is 0 Å². The minimum Gasteiger partial charge on any atom is -0.399 e. The van der Waals surface area contributed by atoms with E-state index in [0.717, 1.165) is 25.1 Å². The molecule has 0 radical (unpaired) electrons. The maximum absolute atomic E-state index is 12.2. The van der Waals surface area contributed by atoms with Gasteiger partial charge in [0.15, 0.2) is 5.69 Å². The van der Waals surface area contributed by atoms with E-state index in [4.69, 9.17) is 5.73 Å². The SMILES string of the molecule is CCCCN(C)C(=O)c1ccn(-c2ccc(N)cc2)n1. The average Bonchev–Trinajstić information content (AvgIpc) is 2.94. The van der Waals surface area contributed by atoms with E-state index in [1.54, 1.807) is 28.9 Å². The van der Waals surface area contributed by atoms with E-state index in [1.807, 2.05) is 24.3 Å². The Kier molecular flexibility index (Phi) is 4.40. The number of hydrogen-bond acceptors (Lipinski definition) is 3. The number of unbranched alkanes of at least 4 members (excludes halogenated alkanes) is 1. The van der Waals surface area contributed by atoms with Crippen LogP contribution in [-0.4, -0.2) is 34.2 Å². The molecule has 0 aliphatic rings. The van der Waals surface area contributed by atoms with Gasteiger partial charge in [0.1, 0.15) is 0 Å². The van der Waals surface area contributed by atoms with Crippen molar-refractivity contribution in [1.29, 1.82) is 0 Å². The predicted octanol–water partition coefficient (Wildman–Crippen LogP) is 2.33. The van der Waals surface area contributed by atoms with Crippen molar-refractivity contribution in [1.82, 2.24) is 14.7 Å². The van der Waals surface area contributed by atoms with Gasteiger partial charge in [-0.3, -0.25) is 4.79 Å². The van der Waals surface area contributed by atoms with Crippen LogP contribution in [0.2, 0.25) is 0 Å². The molecule has 5 nitrogen and oxygen atoms in total. The van der Waals surface area contributed by atoms with Gasteiger partial charge < -0.3 is 10.6 Å². The molecule has 5 heteroatoms. The molecule has 0 aliphatic heterocycles. The highest BCUT2D eigenvalue weighted by atomic mass is 16.2. The van der Waals surface area contributed by atoms with Gasteiger partial charge >= 0.3 is 0 Å². The minimum atomic E-state index is -0.0485. The molecule has 0 bridgehead atoms. The third-order valence-electron chi connectivity index (χ3n) is 3.16. The first-order valence-corrected chi connectivity index (χ1v) is 6.79. The Morgan fingerprint density at radius 2 is 2.00 bits per heavy atom. The number of amides is 1. The van der Waals surface area contributed by atoms with Gasteiger partial charge in [-0.1, -0.05) is 13.3 Å². The lowest BCUT2D eigenvalue weighted by atomic mass is 10.3. The summed E-state index contributed by atoms with van der Waals surface area (Å²) >= 11 is 0. The molecule has 0 saturated heterocycles. The van der Waals surface area contributed by atoms with E-state index in [0.29, 0.717) is 11.4 Å². The number of carbonyl (C=O) groups excluding carboxylic acids is 1. The van der Waals surface area contributed by atoms with Crippen molar-refractivity contribution in [2.45, 2.75) is 19.8 Å². The first kappa shape index (κ1) is 14.1. The molecule has 1 amide bonds. The highest BCUT2D eigenvalue weighted by molar-refractivity contribution is 5.92. The van der Waals surface area contributed by atoms with Crippen LogP contribution in [0.25, 0.3) is 5.69 Å². The maximum atomic E-state index is 12.2. The van der Waals surface area contributed by atoms with Crippen molar-refractivity contribution in [3.8, 4) is 5.69 Å². The summed E-state index contributed by atoms with van der Waals surface area (Å²) in [4.78, 5) is 13.9. The lowest BCUT2D eigenvalue weighted by Gasteiger charge is -2.14. The zero-order chi connectivity index (χ0) is 14.5. The number of benzene rings is 1. The smallest absolute Gasteiger partial charge is 0.274 e. The van der Waals surface area contributed by atoms with Crippen molar-refractivity contribution in [2.75, 3.05) is 19.3 Å². The van der Waals surface area contributed by atoms with Crippen molar-refractivity contribution in [3.05, 3.63) is 42.2 Å². The summed E-state index contributed by atoms with van der Waals surface area (Å²) in [6.45, 7) is 2.86. The Balaban J connectivity index is 2.12. The molecule has 2 rings (SSSR count). The third kappa shape index (κ3) is 3.17. The van der Waals surface area contributed by atoms with Crippen LogP contribution in [0.15, 0.2) is 36.5 Å². The molecule has 1 aromatic heterocycles. The molecule has 2 aromatic rings. The second kappa shape index (κ2) is 6.23. The molecule has 0 saturated carbocycles. The molecule has 0 aliphatic carbocycles. The number of nitrogens with two attached hydrogens (primary N) is 1. The largest absolute Gasteiger partial charge is 0.399 e. The van der Waals surface area contributed by atoms with Crippen LogP contribution < -0.4 is 5.73 Å². The second-order valence-corrected chi connectivity index (χ2v) is 4.82. The van der Waals surface area contributed by atoms with Crippen molar-refractivity contribution < 1.29 is 4.79 Å². The molecule has 1 aromatic carbocycles. The van der Waals surface area contributed by atoms with Gasteiger partial charge in [-0.2, -0.15) is 5.10 Å². The number of rotatable bonds is 5. The third-order valence-corrected chi connectivity index (χ3v) is 3.16. The van der Waals surface area contributed by atoms with E-state index < -0.39 is 0 Å². The number of nitrogen functional groups attached to an aromatic ring is 1. The fourth-order valence-corrected chi connectivity index (χ4v) is 1.90. The molecule has 0 atom stereocenters. The van der Waals surface area contributed by atoms with Gasteiger partial charge in [0.25, 0.3) is 5.91 Å². The zero-order valence-electron chi connectivity index (χ0n) is 11.9. The van der Waals surface area contributed by atoms with Gasteiger partial charge in [0.2, 0.25) is 0 Å². The Labute approximate surface area is 119 Å². The molecule has 0 unspecified atom stereocenters. The van der Waals surface area contributed by atoms with Gasteiger partial charge in [0, 0.05) is 25.5 Å². The Hall–Kier alpha value is -2.30. The predicted molar refractivity (Wildman–Crippen MR) is 79.8 cm³/mol. The molecule has 0 spiro atoms. The number of aromatic nitrogens is 2. The number of hydrogen-bond donors (Lipinski definition) is 1. The highest BCUT2D eigenvalue weighted by Gasteiger charge is 2.14. The van der Waals surface area contributed by atoms with E-state index >= 15 is 0 Å². The standard InChI is InChI=1S/C15H20N4O/c1-3-4-10-18(2)15(20)14-9-11-19(17-14)13-7-5-12(16)6-8-13/h5-9,11H,3-4,10,16H2,1-2H3. The first-order valence-electron chi connectivity index (χ1n) is 6.79. The van der Waals surface area contributed by atoms with E-state index in [2.05, 4.69) is 12.0 Å². The summed E-state index contributed by atoms with van der Waals surface area (Å²) in [7, 11) is 1.81. The van der Waals surface area contributed by atoms with Crippen molar-refractivity contribution in [2.24, 2.45) is 0 Å². The van der Waals surface area contributed by atoms with Gasteiger partial charge in [-0.15, -0.1) is 0 Å². The molecular weight excluding hydrogens is 252 g/mol. The maximum Gasteiger partial charge on any atom is 0.274 e. The number of carbonyl (C=O) groups is 1. The molecule has 1 heterocycles. The zero-order valence-corrected chi connectivity index (χ0v) is 11.9. The van der Waals surface area contributed by atoms with Crippen LogP contribution in [0.1, 0.15) is 30.3 Å². The van der Waals surface area contributed by atoms with Gasteiger partial charge in [-0.05, 0) is 36.8 Å². The number of anilines is 1. The van der Waals surface area contributed by atoms with Crippen LogP contribution in [0, 0.1) is 0 Å². The van der Waals surface area contributed by atoms with Gasteiger partial charge in [0.05, 0.1) is 5.69 Å². The van der Waals surface area contributed by atoms with Crippen LogP contribution in [0.3, 0.4) is 0 Å². The van der Waals surface area contributed by atoms with Crippen LogP contribution in [0.4, 0.5) is 5.69 Å². The fraction of sp³-hybridized carbons (Fsp3) is 0.333. The lowest BCUT2D eigenvalue weighted by molar-refractivity contribution is 0.0787. The highest BCUT2D eigenvalue weighted by Crippen LogP contribution is 2.11. The molecule has 106 valence electrons. The Morgan fingerprint density at radius 3 is 2.65 bits per heavy atom. The Bertz CT molecular complexity index is 574. The normalized spacial score (nSPS) is 10.5. The second-order valence-electron chi connectivity index (χ2n) is 4.82. The average molecular weight is 272 g/mol. The minimum absolute atomic E-state index is 0.0485. The molecular formula is C15H20N4O. The van der Waals surface area contributed by atoms with Crippen LogP contribution in [-0.2, 0) is 0 Å². The van der Waals surface area contributed by atoms with Crippen molar-refractivity contribution in [3.63, 3.8) is 0 Å². The summed E-state index contributed by atoms with van der Waals surface area (Å²) in [5.74, 6) is -0.0485. The van der Waals surface area contributed by atoms with Gasteiger partial charge in [-0.25, -0.2) is 4.68 Å². The summed E-state index contributed by atoms with van der Waals surface area (Å²) in [6.07, 6.45) is 3.85. The fourth-order valence-electron chi connectivity index (χ4n) is 1.90. The summed E-state index contributed by atoms with van der Waals surface area (Å²) < 4.78 is 1.68. The van der Waals surface area contributed by atoms with E-state index in [1.165, 1.54) is 0 Å². The summed E-state index contributed by atoms with van der Waals surface area (Å²) in [5.41, 5.74) is 7.70. The number of nitrogens with zero attached hydrogens (tertiary/aromatic N) is 3. The Morgan fingerprint density at radius 1 is 1.30 bits per heavy atom. The topological polar surface area (TPSA) is 64.2 Å².